The zero-order valence-electron chi connectivity index (χ0n) is 15.8. The molecule has 1 aromatic heterocycles. The number of carbonyl (C=O) groups excluding carboxylic acids is 1. The average Bonchev–Trinajstić information content (AvgIpc) is 3.22. The Hall–Kier alpha value is -1.96. The highest BCUT2D eigenvalue weighted by molar-refractivity contribution is 7.07. The maximum atomic E-state index is 13.0. The number of likely N-dealkylation sites (tertiary alicyclic amines) is 1. The minimum Gasteiger partial charge on any atom is -0.491 e. The molecule has 7 heteroatoms. The molecule has 1 amide bonds. The van der Waals surface area contributed by atoms with Gasteiger partial charge in [-0.3, -0.25) is 9.69 Å². The van der Waals surface area contributed by atoms with Gasteiger partial charge in [0.05, 0.1) is 6.54 Å². The summed E-state index contributed by atoms with van der Waals surface area (Å²) in [5, 5.41) is 4.31. The number of morpholine rings is 1. The monoisotopic (exact) mass is 404 g/mol. The second kappa shape index (κ2) is 9.03. The number of hydrogen-bond acceptors (Lipinski definition) is 5. The summed E-state index contributed by atoms with van der Waals surface area (Å²) in [5.41, 5.74) is 1.36. The van der Waals surface area contributed by atoms with Gasteiger partial charge in [-0.25, -0.2) is 4.39 Å². The van der Waals surface area contributed by atoms with Gasteiger partial charge in [0.25, 0.3) is 0 Å². The predicted octanol–water partition coefficient (Wildman–Crippen LogP) is 3.16. The summed E-state index contributed by atoms with van der Waals surface area (Å²) in [4.78, 5) is 16.8. The zero-order valence-corrected chi connectivity index (χ0v) is 16.6. The van der Waals surface area contributed by atoms with Crippen LogP contribution >= 0.6 is 11.3 Å². The number of benzene rings is 1. The largest absolute Gasteiger partial charge is 0.491 e. The first-order valence-electron chi connectivity index (χ1n) is 9.70. The molecule has 0 aliphatic carbocycles. The molecule has 5 nitrogen and oxygen atoms in total. The van der Waals surface area contributed by atoms with Crippen LogP contribution in [0, 0.1) is 5.82 Å². The molecule has 4 rings (SSSR count). The molecule has 0 saturated carbocycles. The maximum Gasteiger partial charge on any atom is 0.248 e. The lowest BCUT2D eigenvalue weighted by Crippen LogP contribution is -2.55. The van der Waals surface area contributed by atoms with E-state index in [4.69, 9.17) is 9.47 Å². The van der Waals surface area contributed by atoms with Crippen molar-refractivity contribution in [2.24, 2.45) is 0 Å². The summed E-state index contributed by atoms with van der Waals surface area (Å²) in [6.07, 6.45) is 1.81. The van der Waals surface area contributed by atoms with Crippen LogP contribution in [0.15, 0.2) is 41.1 Å². The minimum absolute atomic E-state index is 0.0642. The van der Waals surface area contributed by atoms with Crippen LogP contribution in [0.3, 0.4) is 0 Å². The molecule has 2 aliphatic heterocycles. The first kappa shape index (κ1) is 19.4. The molecular weight excluding hydrogens is 379 g/mol. The lowest BCUT2D eigenvalue weighted by Gasteiger charge is -2.42. The zero-order chi connectivity index (χ0) is 19.3. The van der Waals surface area contributed by atoms with Gasteiger partial charge in [-0.1, -0.05) is 0 Å². The summed E-state index contributed by atoms with van der Waals surface area (Å²) in [6, 6.07) is 8.39. The molecule has 1 aromatic carbocycles. The highest BCUT2D eigenvalue weighted by Crippen LogP contribution is 2.22. The maximum absolute atomic E-state index is 13.0. The van der Waals surface area contributed by atoms with Crippen molar-refractivity contribution >= 4 is 17.2 Å². The number of carbonyl (C=O) groups is 1. The molecule has 0 N–H and O–H groups in total. The molecule has 0 spiro atoms. The Morgan fingerprint density at radius 1 is 1.18 bits per heavy atom. The second-order valence-electron chi connectivity index (χ2n) is 7.38. The summed E-state index contributed by atoms with van der Waals surface area (Å²) in [5.74, 6) is 0.382. The van der Waals surface area contributed by atoms with Crippen molar-refractivity contribution in [3.63, 3.8) is 0 Å². The van der Waals surface area contributed by atoms with Crippen molar-refractivity contribution < 1.29 is 18.7 Å². The Morgan fingerprint density at radius 3 is 2.68 bits per heavy atom. The molecule has 150 valence electrons. The van der Waals surface area contributed by atoms with E-state index < -0.39 is 0 Å². The predicted molar refractivity (Wildman–Crippen MR) is 106 cm³/mol. The second-order valence-corrected chi connectivity index (χ2v) is 8.16. The van der Waals surface area contributed by atoms with Crippen molar-refractivity contribution in [2.45, 2.75) is 31.5 Å². The van der Waals surface area contributed by atoms with Gasteiger partial charge < -0.3 is 14.4 Å². The third kappa shape index (κ3) is 4.90. The van der Waals surface area contributed by atoms with Crippen molar-refractivity contribution in [1.29, 1.82) is 0 Å². The quantitative estimate of drug-likeness (QED) is 0.742. The van der Waals surface area contributed by atoms with Gasteiger partial charge in [0.15, 0.2) is 0 Å². The molecule has 2 aliphatic rings. The highest BCUT2D eigenvalue weighted by Gasteiger charge is 2.33. The van der Waals surface area contributed by atoms with E-state index in [1.54, 1.807) is 23.5 Å². The van der Waals surface area contributed by atoms with Crippen molar-refractivity contribution in [3.8, 4) is 5.75 Å². The molecule has 2 aromatic rings. The van der Waals surface area contributed by atoms with Crippen molar-refractivity contribution in [2.75, 3.05) is 32.8 Å². The van der Waals surface area contributed by atoms with Crippen molar-refractivity contribution in [1.82, 2.24) is 9.80 Å². The third-order valence-corrected chi connectivity index (χ3v) is 6.13. The van der Waals surface area contributed by atoms with E-state index in [9.17, 15) is 9.18 Å². The van der Waals surface area contributed by atoms with Crippen LogP contribution in [0.1, 0.15) is 18.4 Å². The van der Waals surface area contributed by atoms with Crippen LogP contribution < -0.4 is 4.74 Å². The van der Waals surface area contributed by atoms with E-state index in [-0.39, 0.29) is 30.5 Å². The van der Waals surface area contributed by atoms with Gasteiger partial charge in [-0.05, 0) is 59.5 Å². The Kier molecular flexibility index (Phi) is 6.24. The topological polar surface area (TPSA) is 42.0 Å². The van der Waals surface area contributed by atoms with Gasteiger partial charge >= 0.3 is 0 Å². The summed E-state index contributed by atoms with van der Waals surface area (Å²) < 4.78 is 24.3. The van der Waals surface area contributed by atoms with Crippen LogP contribution in [0.4, 0.5) is 4.39 Å². The summed E-state index contributed by atoms with van der Waals surface area (Å²) in [7, 11) is 0. The van der Waals surface area contributed by atoms with Crippen LogP contribution in [-0.2, 0) is 16.1 Å². The molecular formula is C21H25FN2O3S. The molecule has 2 fully saturated rings. The van der Waals surface area contributed by atoms with Gasteiger partial charge in [0.1, 0.15) is 30.9 Å². The van der Waals surface area contributed by atoms with E-state index in [2.05, 4.69) is 21.7 Å². The molecule has 3 heterocycles. The normalized spacial score (nSPS) is 21.8. The van der Waals surface area contributed by atoms with Crippen molar-refractivity contribution in [3.05, 3.63) is 52.5 Å². The molecule has 1 atom stereocenters. The first-order valence-corrected chi connectivity index (χ1v) is 10.6. The van der Waals surface area contributed by atoms with Crippen LogP contribution in [0.25, 0.3) is 0 Å². The molecule has 0 unspecified atom stereocenters. The molecule has 0 radical (unpaired) electrons. The average molecular weight is 405 g/mol. The molecule has 0 bridgehead atoms. The highest BCUT2D eigenvalue weighted by atomic mass is 32.1. The standard InChI is InChI=1S/C21H25FN2O3S/c22-17-1-3-19(4-2-17)26-13-20-12-24(21(25)14-27-20)18-5-8-23(9-6-18)11-16-7-10-28-15-16/h1-4,7,10,15,18,20H,5-6,8-9,11-14H2/t20-/m0/s1. The Bertz CT molecular complexity index is 760. The van der Waals surface area contributed by atoms with Crippen LogP contribution in [0.5, 0.6) is 5.75 Å². The third-order valence-electron chi connectivity index (χ3n) is 5.40. The Morgan fingerprint density at radius 2 is 1.96 bits per heavy atom. The number of nitrogens with zero attached hydrogens (tertiary/aromatic N) is 2. The van der Waals surface area contributed by atoms with Crippen LogP contribution in [0.2, 0.25) is 0 Å². The number of rotatable bonds is 6. The molecule has 28 heavy (non-hydrogen) atoms. The number of piperidine rings is 1. The molecule has 2 saturated heterocycles. The SMILES string of the molecule is O=C1CO[C@H](COc2ccc(F)cc2)CN1C1CCN(Cc2ccsc2)CC1. The lowest BCUT2D eigenvalue weighted by atomic mass is 10.0. The van der Waals surface area contributed by atoms with Gasteiger partial charge in [0.2, 0.25) is 5.91 Å². The number of thiophene rings is 1. The number of ether oxygens (including phenoxy) is 2. The van der Waals surface area contributed by atoms with Crippen LogP contribution in [-0.4, -0.2) is 60.7 Å². The first-order chi connectivity index (χ1) is 13.7. The minimum atomic E-state index is -0.289. The van der Waals surface area contributed by atoms with Gasteiger partial charge in [0, 0.05) is 25.7 Å². The van der Waals surface area contributed by atoms with E-state index in [0.717, 1.165) is 32.5 Å². The number of amides is 1. The summed E-state index contributed by atoms with van der Waals surface area (Å²) >= 11 is 1.73. The van der Waals surface area contributed by atoms with E-state index in [1.807, 2.05) is 4.90 Å². The summed E-state index contributed by atoms with van der Waals surface area (Å²) in [6.45, 7) is 4.00. The Balaban J connectivity index is 1.26. The van der Waals surface area contributed by atoms with E-state index in [1.165, 1.54) is 17.7 Å². The smallest absolute Gasteiger partial charge is 0.248 e. The number of hydrogen-bond donors (Lipinski definition) is 0. The van der Waals surface area contributed by atoms with E-state index in [0.29, 0.717) is 18.9 Å². The fourth-order valence-corrected chi connectivity index (χ4v) is 4.51. The van der Waals surface area contributed by atoms with Gasteiger partial charge in [-0.2, -0.15) is 11.3 Å². The lowest BCUT2D eigenvalue weighted by molar-refractivity contribution is -0.155. The Labute approximate surface area is 168 Å². The number of halogens is 1. The fourth-order valence-electron chi connectivity index (χ4n) is 3.85. The van der Waals surface area contributed by atoms with Gasteiger partial charge in [-0.15, -0.1) is 0 Å². The van der Waals surface area contributed by atoms with E-state index >= 15 is 0 Å². The fraction of sp³-hybridized carbons (Fsp3) is 0.476.